The molecule has 1 aromatic rings. The fourth-order valence-corrected chi connectivity index (χ4v) is 1.10. The molecule has 14 heavy (non-hydrogen) atoms. The van der Waals surface area contributed by atoms with Gasteiger partial charge in [0.05, 0.1) is 6.61 Å². The van der Waals surface area contributed by atoms with Crippen LogP contribution in [0.15, 0.2) is 6.07 Å². The fourth-order valence-electron chi connectivity index (χ4n) is 1.10. The maximum Gasteiger partial charge on any atom is 0.341 e. The van der Waals surface area contributed by atoms with Gasteiger partial charge in [-0.05, 0) is 32.4 Å². The highest BCUT2D eigenvalue weighted by Crippen LogP contribution is 2.14. The number of aromatic nitrogens is 1. The quantitative estimate of drug-likeness (QED) is 0.724. The molecular weight excluding hydrogens is 180 g/mol. The lowest BCUT2D eigenvalue weighted by molar-refractivity contribution is 0.0527. The van der Waals surface area contributed by atoms with E-state index >= 15 is 0 Å². The van der Waals surface area contributed by atoms with Crippen molar-refractivity contribution in [1.82, 2.24) is 4.98 Å². The average molecular weight is 194 g/mol. The maximum absolute atomic E-state index is 11.4. The summed E-state index contributed by atoms with van der Waals surface area (Å²) in [6.45, 7) is 5.82. The number of anilines is 1. The van der Waals surface area contributed by atoms with E-state index in [2.05, 4.69) is 4.98 Å². The molecule has 0 bridgehead atoms. The Labute approximate surface area is 83.1 Å². The summed E-state index contributed by atoms with van der Waals surface area (Å²) in [7, 11) is 0. The Morgan fingerprint density at radius 2 is 2.21 bits per heavy atom. The molecule has 4 heteroatoms. The normalized spacial score (nSPS) is 9.93. The lowest BCUT2D eigenvalue weighted by Crippen LogP contribution is -2.10. The Morgan fingerprint density at radius 1 is 1.57 bits per heavy atom. The molecule has 2 N–H and O–H groups in total. The zero-order valence-corrected chi connectivity index (χ0v) is 8.63. The number of ether oxygens (including phenoxy) is 1. The van der Waals surface area contributed by atoms with Crippen LogP contribution in [0.1, 0.15) is 28.5 Å². The molecule has 4 nitrogen and oxygen atoms in total. The second-order valence-electron chi connectivity index (χ2n) is 3.04. The van der Waals surface area contributed by atoms with Gasteiger partial charge in [0.2, 0.25) is 0 Å². The zero-order chi connectivity index (χ0) is 10.7. The molecular formula is C10H14N2O2. The van der Waals surface area contributed by atoms with Gasteiger partial charge in [0.1, 0.15) is 11.4 Å². The Hall–Kier alpha value is -1.58. The first-order chi connectivity index (χ1) is 6.56. The third kappa shape index (κ3) is 2.02. The highest BCUT2D eigenvalue weighted by Gasteiger charge is 2.12. The molecule has 0 radical (unpaired) electrons. The van der Waals surface area contributed by atoms with Crippen LogP contribution in [-0.4, -0.2) is 17.6 Å². The molecule has 0 saturated heterocycles. The van der Waals surface area contributed by atoms with Crippen LogP contribution < -0.4 is 5.73 Å². The van der Waals surface area contributed by atoms with Crippen molar-refractivity contribution < 1.29 is 9.53 Å². The van der Waals surface area contributed by atoms with Crippen molar-refractivity contribution in [3.63, 3.8) is 0 Å². The van der Waals surface area contributed by atoms with Crippen molar-refractivity contribution in [3.05, 3.63) is 22.9 Å². The predicted molar refractivity (Wildman–Crippen MR) is 54.1 cm³/mol. The number of carbonyl (C=O) groups excluding carboxylic acids is 1. The van der Waals surface area contributed by atoms with Crippen molar-refractivity contribution in [1.29, 1.82) is 0 Å². The largest absolute Gasteiger partial charge is 0.462 e. The first-order valence-electron chi connectivity index (χ1n) is 4.47. The predicted octanol–water partition coefficient (Wildman–Crippen LogP) is 1.46. The van der Waals surface area contributed by atoms with Crippen LogP contribution >= 0.6 is 0 Å². The number of aryl methyl sites for hydroxylation is 2. The van der Waals surface area contributed by atoms with Crippen LogP contribution in [0.25, 0.3) is 0 Å². The van der Waals surface area contributed by atoms with Crippen LogP contribution in [0.3, 0.4) is 0 Å². The van der Waals surface area contributed by atoms with Crippen molar-refractivity contribution in [3.8, 4) is 0 Å². The standard InChI is InChI=1S/C10H14N2O2/c1-4-14-10(13)8-5-6(2)7(3)12-9(8)11/h5H,4H2,1-3H3,(H2,11,12). The van der Waals surface area contributed by atoms with E-state index < -0.39 is 5.97 Å². The third-order valence-corrected chi connectivity index (χ3v) is 1.99. The highest BCUT2D eigenvalue weighted by molar-refractivity contribution is 5.94. The van der Waals surface area contributed by atoms with E-state index in [0.29, 0.717) is 12.2 Å². The number of esters is 1. The first-order valence-corrected chi connectivity index (χ1v) is 4.47. The summed E-state index contributed by atoms with van der Waals surface area (Å²) in [6, 6.07) is 1.70. The highest BCUT2D eigenvalue weighted by atomic mass is 16.5. The van der Waals surface area contributed by atoms with Crippen molar-refractivity contribution >= 4 is 11.8 Å². The lowest BCUT2D eigenvalue weighted by atomic mass is 10.1. The Bertz CT molecular complexity index is 361. The lowest BCUT2D eigenvalue weighted by Gasteiger charge is -2.07. The minimum atomic E-state index is -0.416. The van der Waals surface area contributed by atoms with Crippen molar-refractivity contribution in [2.75, 3.05) is 12.3 Å². The summed E-state index contributed by atoms with van der Waals surface area (Å²) in [5, 5.41) is 0. The van der Waals surface area contributed by atoms with E-state index in [-0.39, 0.29) is 5.82 Å². The summed E-state index contributed by atoms with van der Waals surface area (Å²) in [6.07, 6.45) is 0. The molecule has 1 aromatic heterocycles. The zero-order valence-electron chi connectivity index (χ0n) is 8.63. The van der Waals surface area contributed by atoms with Gasteiger partial charge in [-0.3, -0.25) is 0 Å². The number of pyridine rings is 1. The topological polar surface area (TPSA) is 65.2 Å². The number of nitrogens with two attached hydrogens (primary N) is 1. The van der Waals surface area contributed by atoms with Gasteiger partial charge < -0.3 is 10.5 Å². The summed E-state index contributed by atoms with van der Waals surface area (Å²) < 4.78 is 4.84. The molecule has 0 aromatic carbocycles. The number of hydrogen-bond donors (Lipinski definition) is 1. The molecule has 1 heterocycles. The van der Waals surface area contributed by atoms with Crippen LogP contribution in [0.4, 0.5) is 5.82 Å². The second kappa shape index (κ2) is 4.09. The summed E-state index contributed by atoms with van der Waals surface area (Å²) in [5.41, 5.74) is 7.71. The molecule has 0 amide bonds. The fraction of sp³-hybridized carbons (Fsp3) is 0.400. The van der Waals surface area contributed by atoms with E-state index in [1.54, 1.807) is 13.0 Å². The summed E-state index contributed by atoms with van der Waals surface area (Å²) in [4.78, 5) is 15.4. The number of nitrogen functional groups attached to an aromatic ring is 1. The molecule has 0 aliphatic carbocycles. The molecule has 0 aliphatic heterocycles. The molecule has 1 rings (SSSR count). The maximum atomic E-state index is 11.4. The Balaban J connectivity index is 3.09. The summed E-state index contributed by atoms with van der Waals surface area (Å²) in [5.74, 6) is -0.188. The van der Waals surface area contributed by atoms with Gasteiger partial charge in [-0.25, -0.2) is 9.78 Å². The monoisotopic (exact) mass is 194 g/mol. The minimum absolute atomic E-state index is 0.228. The van der Waals surface area contributed by atoms with Crippen LogP contribution in [-0.2, 0) is 4.74 Å². The van der Waals surface area contributed by atoms with Crippen LogP contribution in [0, 0.1) is 13.8 Å². The van der Waals surface area contributed by atoms with E-state index in [1.165, 1.54) is 0 Å². The number of hydrogen-bond acceptors (Lipinski definition) is 4. The molecule has 0 atom stereocenters. The van der Waals surface area contributed by atoms with E-state index in [9.17, 15) is 4.79 Å². The molecule has 76 valence electrons. The molecule has 0 unspecified atom stereocenters. The van der Waals surface area contributed by atoms with Crippen molar-refractivity contribution in [2.24, 2.45) is 0 Å². The number of nitrogens with zero attached hydrogens (tertiary/aromatic N) is 1. The van der Waals surface area contributed by atoms with Gasteiger partial charge in [0, 0.05) is 5.69 Å². The Morgan fingerprint density at radius 3 is 2.79 bits per heavy atom. The average Bonchev–Trinajstić information content (AvgIpc) is 2.11. The second-order valence-corrected chi connectivity index (χ2v) is 3.04. The van der Waals surface area contributed by atoms with Gasteiger partial charge in [0.15, 0.2) is 0 Å². The van der Waals surface area contributed by atoms with Crippen LogP contribution in [0.5, 0.6) is 0 Å². The SMILES string of the molecule is CCOC(=O)c1cc(C)c(C)nc1N. The van der Waals surface area contributed by atoms with E-state index in [4.69, 9.17) is 10.5 Å². The summed E-state index contributed by atoms with van der Waals surface area (Å²) >= 11 is 0. The van der Waals surface area contributed by atoms with Gasteiger partial charge >= 0.3 is 5.97 Å². The Kier molecular flexibility index (Phi) is 3.06. The molecule has 0 spiro atoms. The van der Waals surface area contributed by atoms with Gasteiger partial charge in [-0.15, -0.1) is 0 Å². The molecule has 0 saturated carbocycles. The van der Waals surface area contributed by atoms with Gasteiger partial charge in [-0.2, -0.15) is 0 Å². The molecule has 0 aliphatic rings. The van der Waals surface area contributed by atoms with Gasteiger partial charge in [0.25, 0.3) is 0 Å². The first kappa shape index (κ1) is 10.5. The number of carbonyl (C=O) groups is 1. The smallest absolute Gasteiger partial charge is 0.341 e. The van der Waals surface area contributed by atoms with E-state index in [0.717, 1.165) is 11.3 Å². The number of rotatable bonds is 2. The minimum Gasteiger partial charge on any atom is -0.462 e. The van der Waals surface area contributed by atoms with Crippen molar-refractivity contribution in [2.45, 2.75) is 20.8 Å². The molecule has 0 fully saturated rings. The third-order valence-electron chi connectivity index (χ3n) is 1.99. The van der Waals surface area contributed by atoms with Crippen LogP contribution in [0.2, 0.25) is 0 Å². The van der Waals surface area contributed by atoms with E-state index in [1.807, 2.05) is 13.8 Å². The van der Waals surface area contributed by atoms with Gasteiger partial charge in [-0.1, -0.05) is 0 Å².